The van der Waals surface area contributed by atoms with Crippen molar-refractivity contribution in [2.45, 2.75) is 19.4 Å². The summed E-state index contributed by atoms with van der Waals surface area (Å²) in [5.41, 5.74) is 1.80. The van der Waals surface area contributed by atoms with Crippen molar-refractivity contribution in [3.63, 3.8) is 0 Å². The van der Waals surface area contributed by atoms with E-state index >= 15 is 0 Å². The summed E-state index contributed by atoms with van der Waals surface area (Å²) in [7, 11) is 2.78. The first-order chi connectivity index (χ1) is 15.9. The van der Waals surface area contributed by atoms with E-state index in [4.69, 9.17) is 9.47 Å². The number of phenolic OH excluding ortho intramolecular Hbond substituents is 1. The molecule has 0 saturated heterocycles. The van der Waals surface area contributed by atoms with Crippen LogP contribution in [0.3, 0.4) is 0 Å². The minimum Gasteiger partial charge on any atom is -0.504 e. The van der Waals surface area contributed by atoms with Gasteiger partial charge in [-0.1, -0.05) is 64.5 Å². The molecule has 1 aliphatic rings. The number of benzene rings is 2. The minimum atomic E-state index is -0.669. The summed E-state index contributed by atoms with van der Waals surface area (Å²) in [5.74, 6) is -0.310. The molecule has 9 heteroatoms. The molecule has 1 aliphatic heterocycles. The highest BCUT2D eigenvalue weighted by atomic mass is 79.9. The number of ether oxygens (including phenoxy) is 2. The number of methoxy groups -OCH3 is 2. The van der Waals surface area contributed by atoms with Gasteiger partial charge in [0.1, 0.15) is 0 Å². The standard InChI is InChI=1S/C24H21BrN2O5S/c1-4-16-19(23(30)32-3)20(13-8-6-5-7-9-13)27-22(29)18(33-24(27)26-16)11-14-10-15(25)12-17(31-2)21(14)28/h5-12,20,28H,4H2,1-3H3/b18-11-/t20-/m0/s1. The van der Waals surface area contributed by atoms with E-state index in [0.717, 1.165) is 5.56 Å². The number of allylic oxidation sites excluding steroid dienone is 1. The van der Waals surface area contributed by atoms with E-state index in [1.807, 2.05) is 37.3 Å². The molecule has 1 aromatic heterocycles. The Labute approximate surface area is 202 Å². The topological polar surface area (TPSA) is 90.1 Å². The van der Waals surface area contributed by atoms with Gasteiger partial charge in [0.05, 0.1) is 36.1 Å². The van der Waals surface area contributed by atoms with E-state index in [9.17, 15) is 14.7 Å². The Morgan fingerprint density at radius 1 is 1.27 bits per heavy atom. The van der Waals surface area contributed by atoms with Crippen LogP contribution in [0.2, 0.25) is 0 Å². The average molecular weight is 529 g/mol. The second-order valence-corrected chi connectivity index (χ2v) is 9.17. The lowest BCUT2D eigenvalue weighted by atomic mass is 9.95. The van der Waals surface area contributed by atoms with E-state index in [1.54, 1.807) is 18.2 Å². The van der Waals surface area contributed by atoms with Gasteiger partial charge in [-0.15, -0.1) is 0 Å². The molecule has 0 radical (unpaired) electrons. The molecule has 7 nitrogen and oxygen atoms in total. The van der Waals surface area contributed by atoms with Crippen molar-refractivity contribution < 1.29 is 19.4 Å². The molecule has 0 unspecified atom stereocenters. The molecule has 33 heavy (non-hydrogen) atoms. The van der Waals surface area contributed by atoms with Crippen LogP contribution in [-0.4, -0.2) is 29.9 Å². The van der Waals surface area contributed by atoms with Gasteiger partial charge in [-0.3, -0.25) is 9.36 Å². The van der Waals surface area contributed by atoms with Crippen molar-refractivity contribution >= 4 is 39.3 Å². The molecule has 3 aromatic rings. The van der Waals surface area contributed by atoms with Crippen LogP contribution in [0.15, 0.2) is 68.0 Å². The first-order valence-corrected chi connectivity index (χ1v) is 11.7. The van der Waals surface area contributed by atoms with Crippen LogP contribution in [0.5, 0.6) is 11.5 Å². The third-order valence-corrected chi connectivity index (χ3v) is 6.78. The van der Waals surface area contributed by atoms with Crippen molar-refractivity contribution in [3.8, 4) is 11.5 Å². The van der Waals surface area contributed by atoms with Crippen molar-refractivity contribution in [1.82, 2.24) is 4.57 Å². The van der Waals surface area contributed by atoms with Gasteiger partial charge in [0.25, 0.3) is 5.56 Å². The first kappa shape index (κ1) is 23.0. The first-order valence-electron chi connectivity index (χ1n) is 10.1. The quantitative estimate of drug-likeness (QED) is 0.513. The van der Waals surface area contributed by atoms with Crippen LogP contribution >= 0.6 is 27.3 Å². The zero-order valence-corrected chi connectivity index (χ0v) is 20.6. The van der Waals surface area contributed by atoms with Gasteiger partial charge in [0, 0.05) is 10.0 Å². The number of phenols is 1. The van der Waals surface area contributed by atoms with Crippen molar-refractivity contribution in [3.05, 3.63) is 89.0 Å². The number of esters is 1. The lowest BCUT2D eigenvalue weighted by Gasteiger charge is -2.25. The maximum absolute atomic E-state index is 13.6. The van der Waals surface area contributed by atoms with E-state index in [-0.39, 0.29) is 17.1 Å². The fourth-order valence-electron chi connectivity index (χ4n) is 3.82. The number of hydrogen-bond donors (Lipinski definition) is 1. The number of thiazole rings is 1. The van der Waals surface area contributed by atoms with Gasteiger partial charge in [0.2, 0.25) is 0 Å². The second-order valence-electron chi connectivity index (χ2n) is 7.24. The number of carbonyl (C=O) groups excluding carboxylic acids is 1. The predicted octanol–water partition coefficient (Wildman–Crippen LogP) is 3.28. The van der Waals surface area contributed by atoms with Crippen molar-refractivity contribution in [1.29, 1.82) is 0 Å². The largest absolute Gasteiger partial charge is 0.504 e. The SMILES string of the molecule is CCC1=C(C(=O)OC)[C@H](c2ccccc2)n2c(s/c(=C\c3cc(Br)cc(OC)c3O)c2=O)=N1. The zero-order chi connectivity index (χ0) is 23.7. The maximum atomic E-state index is 13.6. The molecule has 1 atom stereocenters. The Hall–Kier alpha value is -3.17. The molecule has 0 amide bonds. The molecule has 1 N–H and O–H groups in total. The molecule has 0 fully saturated rings. The highest BCUT2D eigenvalue weighted by Gasteiger charge is 2.33. The molecule has 2 heterocycles. The summed E-state index contributed by atoms with van der Waals surface area (Å²) in [4.78, 5) is 31.5. The number of halogens is 1. The van der Waals surface area contributed by atoms with Gasteiger partial charge < -0.3 is 14.6 Å². The Balaban J connectivity index is 2.01. The third kappa shape index (κ3) is 4.14. The van der Waals surface area contributed by atoms with Crippen LogP contribution in [-0.2, 0) is 9.53 Å². The molecule has 0 bridgehead atoms. The van der Waals surface area contributed by atoms with Gasteiger partial charge in [-0.2, -0.15) is 0 Å². The van der Waals surface area contributed by atoms with Crippen molar-refractivity contribution in [2.75, 3.05) is 14.2 Å². The minimum absolute atomic E-state index is 0.0735. The van der Waals surface area contributed by atoms with Crippen molar-refractivity contribution in [2.24, 2.45) is 4.99 Å². The summed E-state index contributed by atoms with van der Waals surface area (Å²) in [6, 6.07) is 12.0. The smallest absolute Gasteiger partial charge is 0.338 e. The summed E-state index contributed by atoms with van der Waals surface area (Å²) in [5, 5.41) is 10.6. The highest BCUT2D eigenvalue weighted by molar-refractivity contribution is 9.10. The van der Waals surface area contributed by atoms with Gasteiger partial charge in [-0.25, -0.2) is 9.79 Å². The molecule has 0 spiro atoms. The average Bonchev–Trinajstić information content (AvgIpc) is 3.14. The molecule has 0 saturated carbocycles. The predicted molar refractivity (Wildman–Crippen MR) is 129 cm³/mol. The molecular weight excluding hydrogens is 508 g/mol. The Morgan fingerprint density at radius 3 is 2.64 bits per heavy atom. The molecule has 2 aromatic carbocycles. The fraction of sp³-hybridized carbons (Fsp3) is 0.208. The third-order valence-electron chi connectivity index (χ3n) is 5.34. The summed E-state index contributed by atoms with van der Waals surface area (Å²) >= 11 is 4.60. The van der Waals surface area contributed by atoms with Gasteiger partial charge >= 0.3 is 5.97 Å². The number of fused-ring (bicyclic) bond motifs is 1. The number of hydrogen-bond acceptors (Lipinski definition) is 7. The lowest BCUT2D eigenvalue weighted by Crippen LogP contribution is -2.40. The van der Waals surface area contributed by atoms with Crippen LogP contribution < -0.4 is 19.6 Å². The summed E-state index contributed by atoms with van der Waals surface area (Å²) in [6.07, 6.45) is 2.10. The number of carbonyl (C=O) groups is 1. The summed E-state index contributed by atoms with van der Waals surface area (Å²) in [6.45, 7) is 1.91. The Bertz CT molecular complexity index is 1440. The monoisotopic (exact) mass is 528 g/mol. The van der Waals surface area contributed by atoms with Crippen LogP contribution in [0.4, 0.5) is 0 Å². The fourth-order valence-corrected chi connectivity index (χ4v) is 5.28. The van der Waals surface area contributed by atoms with Gasteiger partial charge in [-0.05, 0) is 30.2 Å². The van der Waals surface area contributed by atoms with E-state index < -0.39 is 12.0 Å². The number of aromatic nitrogens is 1. The van der Waals surface area contributed by atoms with Crippen LogP contribution in [0.1, 0.15) is 30.5 Å². The molecule has 170 valence electrons. The normalized spacial score (nSPS) is 15.8. The lowest BCUT2D eigenvalue weighted by molar-refractivity contribution is -0.136. The van der Waals surface area contributed by atoms with Crippen LogP contribution in [0, 0.1) is 0 Å². The molecule has 0 aliphatic carbocycles. The number of rotatable bonds is 5. The molecular formula is C24H21BrN2O5S. The van der Waals surface area contributed by atoms with Gasteiger partial charge in [0.15, 0.2) is 16.3 Å². The Morgan fingerprint density at radius 2 is 2.00 bits per heavy atom. The number of nitrogens with zero attached hydrogens (tertiary/aromatic N) is 2. The second kappa shape index (κ2) is 9.36. The Kier molecular flexibility index (Phi) is 6.53. The van der Waals surface area contributed by atoms with Crippen LogP contribution in [0.25, 0.3) is 6.08 Å². The van der Waals surface area contributed by atoms with E-state index in [2.05, 4.69) is 20.9 Å². The number of aromatic hydroxyl groups is 1. The molecule has 4 rings (SSSR count). The maximum Gasteiger partial charge on any atom is 0.338 e. The highest BCUT2D eigenvalue weighted by Crippen LogP contribution is 2.34. The zero-order valence-electron chi connectivity index (χ0n) is 18.2. The van der Waals surface area contributed by atoms with E-state index in [0.29, 0.717) is 37.1 Å². The van der Waals surface area contributed by atoms with E-state index in [1.165, 1.54) is 30.1 Å². The summed E-state index contributed by atoms with van der Waals surface area (Å²) < 4.78 is 12.9.